The molecule has 3 saturated carbocycles. The summed E-state index contributed by atoms with van der Waals surface area (Å²) in [6.07, 6.45) is 21.3. The molecule has 3 fully saturated rings. The van der Waals surface area contributed by atoms with Gasteiger partial charge in [0.25, 0.3) is 0 Å². The van der Waals surface area contributed by atoms with Crippen molar-refractivity contribution in [3.05, 3.63) is 229 Å². The Morgan fingerprint density at radius 1 is 0.372 bits per heavy atom. The highest BCUT2D eigenvalue weighted by Gasteiger charge is 2.22. The minimum atomic E-state index is 0.222. The summed E-state index contributed by atoms with van der Waals surface area (Å²) in [6.45, 7) is 38.4. The van der Waals surface area contributed by atoms with Gasteiger partial charge in [0.15, 0.2) is 5.69 Å². The lowest BCUT2D eigenvalue weighted by Crippen LogP contribution is -2.13. The van der Waals surface area contributed by atoms with E-state index < -0.39 is 0 Å². The molecular formula is C77H99N. The molecular weight excluding hydrogens is 939 g/mol. The summed E-state index contributed by atoms with van der Waals surface area (Å²) in [5.41, 5.74) is 24.9. The Kier molecular flexibility index (Phi) is 23.0. The highest BCUT2D eigenvalue weighted by atomic mass is 14.6. The largest absolute Gasteiger partial charge is 0.238 e. The molecule has 78 heavy (non-hydrogen) atoms. The van der Waals surface area contributed by atoms with Gasteiger partial charge in [-0.1, -0.05) is 262 Å². The minimum Gasteiger partial charge on any atom is -0.238 e. The highest BCUT2D eigenvalue weighted by molar-refractivity contribution is 5.79. The molecule has 1 heteroatoms. The average molecular weight is 1040 g/mol. The molecule has 10 rings (SSSR count). The summed E-state index contributed by atoms with van der Waals surface area (Å²) in [7, 11) is 0. The second kappa shape index (κ2) is 29.3. The van der Waals surface area contributed by atoms with Gasteiger partial charge in [-0.05, 0) is 200 Å². The average Bonchev–Trinajstić information content (AvgIpc) is 3.43. The molecule has 7 aromatic carbocycles. The van der Waals surface area contributed by atoms with Crippen LogP contribution in [0.25, 0.3) is 27.1 Å². The fourth-order valence-corrected chi connectivity index (χ4v) is 12.5. The second-order valence-electron chi connectivity index (χ2n) is 25.6. The lowest BCUT2D eigenvalue weighted by atomic mass is 9.79. The molecule has 3 aliphatic carbocycles. The van der Waals surface area contributed by atoms with E-state index in [1.165, 1.54) is 158 Å². The lowest BCUT2D eigenvalue weighted by Gasteiger charge is -2.26. The van der Waals surface area contributed by atoms with Crippen LogP contribution in [0.4, 0.5) is 5.69 Å². The first-order valence-electron chi connectivity index (χ1n) is 30.2. The summed E-state index contributed by atoms with van der Waals surface area (Å²) in [4.78, 5) is 3.56. The third-order valence-electron chi connectivity index (χ3n) is 16.9. The standard InChI is InChI=1S/C18H22.C17H26.C14H11N.2C14H20/c1-13-7-6-8-14(2)17(13)15-9-11-16(12-10-15)18(3,4)5;1-13-10-15(14-8-6-5-7-9-14)12-16(11-13)17(2,3)4;1-11-8-9-13(14(10-11)15-2)12-6-4-3-5-7-12;1-11-7-6-8-12(2)14(11)13-9-4-3-5-10-13;1-11-8-9-14(12(2)10-11)13-6-4-3-5-7-13/h6-12H,1-5H3;10-12,14H,5-9H2,1-4H3;3-10H,1H3;6-8,13H,3-5,9-10H2,1-2H3;8-10,13H,3-7H2,1-2H3. The monoisotopic (exact) mass is 1040 g/mol. The van der Waals surface area contributed by atoms with E-state index in [1.807, 2.05) is 55.5 Å². The van der Waals surface area contributed by atoms with E-state index in [2.05, 4.69) is 192 Å². The van der Waals surface area contributed by atoms with Gasteiger partial charge in [0.1, 0.15) is 0 Å². The van der Waals surface area contributed by atoms with E-state index in [1.54, 1.807) is 16.7 Å². The normalized spacial score (nSPS) is 15.1. The van der Waals surface area contributed by atoms with Crippen LogP contribution in [-0.2, 0) is 10.8 Å². The molecule has 0 spiro atoms. The molecule has 0 aliphatic heterocycles. The molecule has 0 aromatic heterocycles. The van der Waals surface area contributed by atoms with Crippen molar-refractivity contribution in [2.45, 2.75) is 222 Å². The zero-order valence-electron chi connectivity index (χ0n) is 51.1. The quantitative estimate of drug-likeness (QED) is 0.151. The van der Waals surface area contributed by atoms with Crippen molar-refractivity contribution in [1.29, 1.82) is 0 Å². The summed E-state index contributed by atoms with van der Waals surface area (Å²) in [5, 5.41) is 0. The Labute approximate surface area is 476 Å². The van der Waals surface area contributed by atoms with Crippen molar-refractivity contribution < 1.29 is 0 Å². The second-order valence-corrected chi connectivity index (χ2v) is 25.6. The van der Waals surface area contributed by atoms with Crippen molar-refractivity contribution in [3.8, 4) is 22.3 Å². The van der Waals surface area contributed by atoms with Crippen molar-refractivity contribution in [2.75, 3.05) is 0 Å². The summed E-state index contributed by atoms with van der Waals surface area (Å²) >= 11 is 0. The highest BCUT2D eigenvalue weighted by Crippen LogP contribution is 2.39. The minimum absolute atomic E-state index is 0.222. The maximum absolute atomic E-state index is 7.16. The predicted octanol–water partition coefficient (Wildman–Crippen LogP) is 23.5. The van der Waals surface area contributed by atoms with E-state index in [4.69, 9.17) is 6.57 Å². The van der Waals surface area contributed by atoms with Crippen LogP contribution in [0.1, 0.15) is 228 Å². The Hall–Kier alpha value is -5.97. The number of nitrogens with zero attached hydrogens (tertiary/aromatic N) is 1. The summed E-state index contributed by atoms with van der Waals surface area (Å²) in [6, 6.07) is 52.3. The third kappa shape index (κ3) is 18.0. The van der Waals surface area contributed by atoms with Crippen LogP contribution in [0.2, 0.25) is 0 Å². The zero-order chi connectivity index (χ0) is 56.4. The number of rotatable bonds is 5. The smallest absolute Gasteiger partial charge is 0.195 e. The van der Waals surface area contributed by atoms with Crippen LogP contribution in [0, 0.1) is 62.0 Å². The van der Waals surface area contributed by atoms with Crippen molar-refractivity contribution in [3.63, 3.8) is 0 Å². The third-order valence-corrected chi connectivity index (χ3v) is 16.9. The van der Waals surface area contributed by atoms with Crippen molar-refractivity contribution >= 4 is 5.69 Å². The fraction of sp³-hybridized carbons (Fsp3) is 0.442. The molecule has 7 aromatic rings. The van der Waals surface area contributed by atoms with Gasteiger partial charge in [-0.15, -0.1) is 0 Å². The molecule has 0 atom stereocenters. The molecule has 412 valence electrons. The van der Waals surface area contributed by atoms with Crippen LogP contribution in [0.3, 0.4) is 0 Å². The fourth-order valence-electron chi connectivity index (χ4n) is 12.5. The zero-order valence-corrected chi connectivity index (χ0v) is 51.1. The van der Waals surface area contributed by atoms with E-state index in [0.29, 0.717) is 0 Å². The topological polar surface area (TPSA) is 4.36 Å². The molecule has 0 unspecified atom stereocenters. The molecule has 0 amide bonds. The van der Waals surface area contributed by atoms with Gasteiger partial charge >= 0.3 is 0 Å². The Morgan fingerprint density at radius 3 is 1.37 bits per heavy atom. The molecule has 0 saturated heterocycles. The van der Waals surface area contributed by atoms with E-state index in [9.17, 15) is 0 Å². The van der Waals surface area contributed by atoms with Gasteiger partial charge in [0.05, 0.1) is 6.57 Å². The van der Waals surface area contributed by atoms with Crippen LogP contribution in [0.5, 0.6) is 0 Å². The predicted molar refractivity (Wildman–Crippen MR) is 342 cm³/mol. The molecule has 3 aliphatic rings. The van der Waals surface area contributed by atoms with Gasteiger partial charge in [-0.3, -0.25) is 0 Å². The van der Waals surface area contributed by atoms with Crippen LogP contribution >= 0.6 is 0 Å². The van der Waals surface area contributed by atoms with Gasteiger partial charge < -0.3 is 0 Å². The summed E-state index contributed by atoms with van der Waals surface area (Å²) in [5.74, 6) is 2.53. The number of benzene rings is 7. The Balaban J connectivity index is 0.000000158. The van der Waals surface area contributed by atoms with Crippen LogP contribution < -0.4 is 0 Å². The van der Waals surface area contributed by atoms with Gasteiger partial charge in [0, 0.05) is 0 Å². The molecule has 1 nitrogen and oxygen atoms in total. The first-order valence-corrected chi connectivity index (χ1v) is 30.2. The Morgan fingerprint density at radius 2 is 0.859 bits per heavy atom. The van der Waals surface area contributed by atoms with Crippen molar-refractivity contribution in [2.24, 2.45) is 0 Å². The van der Waals surface area contributed by atoms with Crippen molar-refractivity contribution in [1.82, 2.24) is 0 Å². The van der Waals surface area contributed by atoms with Gasteiger partial charge in [0.2, 0.25) is 0 Å². The SMILES string of the molecule is Cc1cc(C2CCCCC2)cc(C(C)(C)C)c1.Cc1ccc(C2CCCCC2)c(C)c1.Cc1cccc(C)c1-c1ccc(C(C)(C)C)cc1.Cc1cccc(C)c1C1CCCCC1.[C-]#[N+]c1cc(C)ccc1-c1ccccc1. The molecule has 0 N–H and O–H groups in total. The van der Waals surface area contributed by atoms with E-state index in [-0.39, 0.29) is 10.8 Å². The molecule has 0 radical (unpaired) electrons. The van der Waals surface area contributed by atoms with Crippen LogP contribution in [-0.4, -0.2) is 0 Å². The summed E-state index contributed by atoms with van der Waals surface area (Å²) < 4.78 is 0. The van der Waals surface area contributed by atoms with Gasteiger partial charge in [-0.25, -0.2) is 4.85 Å². The molecule has 0 heterocycles. The van der Waals surface area contributed by atoms with Crippen LogP contribution in [0.15, 0.2) is 146 Å². The van der Waals surface area contributed by atoms with E-state index >= 15 is 0 Å². The first kappa shape index (κ1) is 61.2. The maximum Gasteiger partial charge on any atom is 0.195 e. The number of aryl methyl sites for hydroxylation is 8. The van der Waals surface area contributed by atoms with Gasteiger partial charge in [-0.2, -0.15) is 0 Å². The molecule has 0 bridgehead atoms. The number of hydrogen-bond donors (Lipinski definition) is 0. The number of hydrogen-bond acceptors (Lipinski definition) is 0. The first-order chi connectivity index (χ1) is 37.2. The Bertz CT molecular complexity index is 2940. The lowest BCUT2D eigenvalue weighted by molar-refractivity contribution is 0.441. The maximum atomic E-state index is 7.16. The van der Waals surface area contributed by atoms with E-state index in [0.717, 1.165) is 40.1 Å².